The lowest BCUT2D eigenvalue weighted by molar-refractivity contribution is -0.143. The third-order valence-corrected chi connectivity index (χ3v) is 5.13. The van der Waals surface area contributed by atoms with E-state index in [1.54, 1.807) is 18.5 Å². The average molecular weight is 512 g/mol. The summed E-state index contributed by atoms with van der Waals surface area (Å²) in [4.78, 5) is 16.9. The fraction of sp³-hybridized carbons (Fsp3) is 0.174. The zero-order valence-electron chi connectivity index (χ0n) is 18.0. The molecule has 0 atom stereocenters. The van der Waals surface area contributed by atoms with Crippen molar-refractivity contribution in [2.75, 3.05) is 4.90 Å². The molecule has 0 aliphatic heterocycles. The molecule has 0 radical (unpaired) electrons. The van der Waals surface area contributed by atoms with E-state index < -0.39 is 47.2 Å². The van der Waals surface area contributed by atoms with Gasteiger partial charge in [-0.3, -0.25) is 4.79 Å². The van der Waals surface area contributed by atoms with Crippen LogP contribution in [0.4, 0.5) is 36.4 Å². The van der Waals surface area contributed by atoms with Crippen LogP contribution in [0, 0.1) is 5.82 Å². The number of anilines is 1. The van der Waals surface area contributed by atoms with E-state index in [2.05, 4.69) is 15.2 Å². The maximum Gasteiger partial charge on any atom is 0.416 e. The number of hydrogen-bond donors (Lipinski definition) is 1. The minimum absolute atomic E-state index is 0.0357. The van der Waals surface area contributed by atoms with Crippen LogP contribution in [0.2, 0.25) is 0 Å². The van der Waals surface area contributed by atoms with Crippen LogP contribution < -0.4 is 4.90 Å². The zero-order chi connectivity index (χ0) is 26.1. The van der Waals surface area contributed by atoms with Crippen molar-refractivity contribution in [2.24, 2.45) is 0 Å². The van der Waals surface area contributed by atoms with Gasteiger partial charge in [-0.25, -0.2) is 4.39 Å². The molecule has 0 aliphatic carbocycles. The lowest BCUT2D eigenvalue weighted by Crippen LogP contribution is -2.32. The van der Waals surface area contributed by atoms with Gasteiger partial charge in [-0.15, -0.1) is 10.2 Å². The van der Waals surface area contributed by atoms with Crippen LogP contribution in [-0.2, 0) is 30.1 Å². The molecule has 0 saturated carbocycles. The highest BCUT2D eigenvalue weighted by Gasteiger charge is 2.38. The highest BCUT2D eigenvalue weighted by molar-refractivity contribution is 5.94. The van der Waals surface area contributed by atoms with Gasteiger partial charge in [0.1, 0.15) is 12.4 Å². The Morgan fingerprint density at radius 2 is 1.67 bits per heavy atom. The van der Waals surface area contributed by atoms with E-state index in [1.807, 2.05) is 0 Å². The third-order valence-electron chi connectivity index (χ3n) is 5.13. The fourth-order valence-corrected chi connectivity index (χ4v) is 3.40. The second kappa shape index (κ2) is 9.47. The Bertz CT molecular complexity index is 1340. The Hall–Kier alpha value is -4.16. The first-order chi connectivity index (χ1) is 16.9. The van der Waals surface area contributed by atoms with E-state index in [0.717, 1.165) is 17.0 Å². The molecule has 36 heavy (non-hydrogen) atoms. The van der Waals surface area contributed by atoms with Crippen LogP contribution in [0.5, 0.6) is 0 Å². The van der Waals surface area contributed by atoms with E-state index in [4.69, 9.17) is 4.42 Å². The maximum absolute atomic E-state index is 13.5. The molecule has 2 heterocycles. The first-order valence-corrected chi connectivity index (χ1v) is 10.2. The molecule has 0 unspecified atom stereocenters. The summed E-state index contributed by atoms with van der Waals surface area (Å²) in [7, 11) is 0. The number of carbonyl (C=O) groups is 1. The smallest absolute Gasteiger partial charge is 0.416 e. The predicted molar refractivity (Wildman–Crippen MR) is 112 cm³/mol. The minimum atomic E-state index is -5.14. The summed E-state index contributed by atoms with van der Waals surface area (Å²) >= 11 is 0. The summed E-state index contributed by atoms with van der Waals surface area (Å²) in [6, 6.07) is 7.20. The van der Waals surface area contributed by atoms with Gasteiger partial charge in [0.05, 0.1) is 23.1 Å². The number of hydrogen-bond acceptors (Lipinski definition) is 4. The van der Waals surface area contributed by atoms with Gasteiger partial charge < -0.3 is 14.3 Å². The molecule has 1 amide bonds. The van der Waals surface area contributed by atoms with Crippen LogP contribution >= 0.6 is 0 Å². The third kappa shape index (κ3) is 5.56. The summed E-state index contributed by atoms with van der Waals surface area (Å²) in [5.41, 5.74) is -3.09. The zero-order valence-corrected chi connectivity index (χ0v) is 18.0. The molecule has 13 heteroatoms. The molecule has 0 spiro atoms. The number of aromatic amines is 1. The number of benzene rings is 2. The van der Waals surface area contributed by atoms with Crippen molar-refractivity contribution in [3.63, 3.8) is 0 Å². The number of rotatable bonds is 6. The number of amides is 1. The fourth-order valence-electron chi connectivity index (χ4n) is 3.40. The first-order valence-electron chi connectivity index (χ1n) is 10.2. The van der Waals surface area contributed by atoms with Gasteiger partial charge in [-0.05, 0) is 48.0 Å². The SMILES string of the molecule is O=C(Cc1ccc(C(F)(F)F)cc1C(F)(F)F)N(Cc1nnc(-c2cc[nH]c2)o1)c1ccc(F)cc1. The van der Waals surface area contributed by atoms with Crippen molar-refractivity contribution in [1.82, 2.24) is 15.2 Å². The first kappa shape index (κ1) is 24.9. The Morgan fingerprint density at radius 1 is 0.944 bits per heavy atom. The Morgan fingerprint density at radius 3 is 2.28 bits per heavy atom. The summed E-state index contributed by atoms with van der Waals surface area (Å²) in [6.07, 6.45) is -7.87. The monoisotopic (exact) mass is 512 g/mol. The van der Waals surface area contributed by atoms with Gasteiger partial charge in [0.25, 0.3) is 0 Å². The van der Waals surface area contributed by atoms with Crippen LogP contribution in [0.3, 0.4) is 0 Å². The molecule has 0 saturated heterocycles. The second-order valence-corrected chi connectivity index (χ2v) is 7.60. The van der Waals surface area contributed by atoms with Crippen molar-refractivity contribution in [2.45, 2.75) is 25.3 Å². The quantitative estimate of drug-likeness (QED) is 0.321. The Labute approximate surface area is 198 Å². The van der Waals surface area contributed by atoms with Crippen molar-refractivity contribution in [3.8, 4) is 11.5 Å². The highest BCUT2D eigenvalue weighted by atomic mass is 19.4. The van der Waals surface area contributed by atoms with Gasteiger partial charge in [0, 0.05) is 18.1 Å². The van der Waals surface area contributed by atoms with E-state index >= 15 is 0 Å². The van der Waals surface area contributed by atoms with Gasteiger partial charge in [0.15, 0.2) is 0 Å². The van der Waals surface area contributed by atoms with Gasteiger partial charge in [0.2, 0.25) is 17.7 Å². The Kier molecular flexibility index (Phi) is 6.57. The summed E-state index contributed by atoms with van der Waals surface area (Å²) in [5, 5.41) is 7.69. The number of nitrogens with one attached hydrogen (secondary N) is 1. The molecule has 0 aliphatic rings. The van der Waals surface area contributed by atoms with Crippen LogP contribution in [-0.4, -0.2) is 21.1 Å². The molecular formula is C23H15F7N4O2. The highest BCUT2D eigenvalue weighted by Crippen LogP contribution is 2.37. The van der Waals surface area contributed by atoms with E-state index in [1.165, 1.54) is 12.1 Å². The normalized spacial score (nSPS) is 12.1. The van der Waals surface area contributed by atoms with Crippen LogP contribution in [0.1, 0.15) is 22.6 Å². The van der Waals surface area contributed by atoms with E-state index in [0.29, 0.717) is 17.7 Å². The lowest BCUT2D eigenvalue weighted by Gasteiger charge is -2.23. The van der Waals surface area contributed by atoms with E-state index in [-0.39, 0.29) is 30.1 Å². The topological polar surface area (TPSA) is 75.0 Å². The molecule has 0 fully saturated rings. The van der Waals surface area contributed by atoms with Crippen molar-refractivity contribution < 1.29 is 39.9 Å². The largest absolute Gasteiger partial charge is 0.419 e. The van der Waals surface area contributed by atoms with Crippen molar-refractivity contribution >= 4 is 11.6 Å². The lowest BCUT2D eigenvalue weighted by atomic mass is 10.00. The second-order valence-electron chi connectivity index (χ2n) is 7.60. The number of H-pyrrole nitrogens is 1. The molecular weight excluding hydrogens is 497 g/mol. The van der Waals surface area contributed by atoms with Crippen molar-refractivity contribution in [3.05, 3.63) is 89.3 Å². The van der Waals surface area contributed by atoms with E-state index in [9.17, 15) is 35.5 Å². The van der Waals surface area contributed by atoms with Crippen LogP contribution in [0.15, 0.2) is 65.3 Å². The minimum Gasteiger partial charge on any atom is -0.419 e. The van der Waals surface area contributed by atoms with Gasteiger partial charge in [-0.1, -0.05) is 6.07 Å². The summed E-state index contributed by atoms with van der Waals surface area (Å²) in [5.74, 6) is -1.51. The van der Waals surface area contributed by atoms with Gasteiger partial charge in [-0.2, -0.15) is 26.3 Å². The van der Waals surface area contributed by atoms with Crippen molar-refractivity contribution in [1.29, 1.82) is 0 Å². The number of alkyl halides is 6. The number of halogens is 7. The number of aromatic nitrogens is 3. The molecule has 4 aromatic rings. The molecule has 2 aromatic heterocycles. The standard InChI is InChI=1S/C23H15F7N4O2/c24-16-3-5-17(6-4-16)34(12-19-32-33-21(36-19)14-7-8-31-11-14)20(35)9-13-1-2-15(22(25,26)27)10-18(13)23(28,29)30/h1-8,10-11,31H,9,12H2. The number of carbonyl (C=O) groups excluding carboxylic acids is 1. The molecule has 1 N–H and O–H groups in total. The molecule has 0 bridgehead atoms. The number of nitrogens with zero attached hydrogens (tertiary/aromatic N) is 3. The Balaban J connectivity index is 1.66. The summed E-state index contributed by atoms with van der Waals surface area (Å²) < 4.78 is 98.5. The maximum atomic E-state index is 13.5. The van der Waals surface area contributed by atoms with Gasteiger partial charge >= 0.3 is 12.4 Å². The average Bonchev–Trinajstić information content (AvgIpc) is 3.49. The molecule has 188 valence electrons. The molecule has 2 aromatic carbocycles. The predicted octanol–water partition coefficient (Wildman–Crippen LogP) is 6.02. The molecule has 4 rings (SSSR count). The van der Waals surface area contributed by atoms with Crippen LogP contribution in [0.25, 0.3) is 11.5 Å². The summed E-state index contributed by atoms with van der Waals surface area (Å²) in [6.45, 7) is -0.385. The molecule has 6 nitrogen and oxygen atoms in total.